The number of likely N-dealkylation sites (N-methyl/N-ethyl adjacent to an activating group) is 1. The zero-order valence-electron chi connectivity index (χ0n) is 13.1. The summed E-state index contributed by atoms with van der Waals surface area (Å²) in [6, 6.07) is 7.89. The predicted octanol–water partition coefficient (Wildman–Crippen LogP) is 1.72. The van der Waals surface area contributed by atoms with Crippen molar-refractivity contribution in [1.82, 2.24) is 15.1 Å². The molecule has 0 spiro atoms. The highest BCUT2D eigenvalue weighted by Gasteiger charge is 2.20. The van der Waals surface area contributed by atoms with Crippen molar-refractivity contribution >= 4 is 6.03 Å². The van der Waals surface area contributed by atoms with Crippen LogP contribution in [-0.2, 0) is 0 Å². The Balaban J connectivity index is 1.75. The van der Waals surface area contributed by atoms with Crippen LogP contribution in [-0.4, -0.2) is 61.7 Å². The zero-order chi connectivity index (χ0) is 15.2. The van der Waals surface area contributed by atoms with Crippen LogP contribution in [0.2, 0.25) is 0 Å². The highest BCUT2D eigenvalue weighted by atomic mass is 16.5. The van der Waals surface area contributed by atoms with Crippen molar-refractivity contribution in [3.63, 3.8) is 0 Å². The number of para-hydroxylation sites is 1. The first-order valence-electron chi connectivity index (χ1n) is 7.48. The van der Waals surface area contributed by atoms with Crippen LogP contribution in [0, 0.1) is 6.92 Å². The molecule has 0 bridgehead atoms. The Labute approximate surface area is 126 Å². The fourth-order valence-corrected chi connectivity index (χ4v) is 2.29. The molecule has 1 aliphatic rings. The number of amides is 2. The molecule has 0 saturated carbocycles. The minimum absolute atomic E-state index is 0.00369. The molecule has 1 N–H and O–H groups in total. The van der Waals surface area contributed by atoms with Crippen LogP contribution in [0.25, 0.3) is 0 Å². The third kappa shape index (κ3) is 4.63. The molecule has 1 heterocycles. The van der Waals surface area contributed by atoms with Crippen molar-refractivity contribution in [3.05, 3.63) is 29.8 Å². The molecule has 0 radical (unpaired) electrons. The quantitative estimate of drug-likeness (QED) is 0.918. The van der Waals surface area contributed by atoms with Gasteiger partial charge in [0.2, 0.25) is 0 Å². The second-order valence-corrected chi connectivity index (χ2v) is 5.72. The van der Waals surface area contributed by atoms with E-state index in [-0.39, 0.29) is 12.1 Å². The van der Waals surface area contributed by atoms with Crippen molar-refractivity contribution < 1.29 is 9.53 Å². The summed E-state index contributed by atoms with van der Waals surface area (Å²) in [5, 5.41) is 3.00. The number of nitrogens with zero attached hydrogens (tertiary/aromatic N) is 2. The van der Waals surface area contributed by atoms with Gasteiger partial charge in [-0.15, -0.1) is 0 Å². The van der Waals surface area contributed by atoms with E-state index in [9.17, 15) is 4.79 Å². The van der Waals surface area contributed by atoms with Crippen molar-refractivity contribution in [3.8, 4) is 5.75 Å². The Kier molecular flexibility index (Phi) is 5.44. The van der Waals surface area contributed by atoms with Gasteiger partial charge in [0.05, 0.1) is 6.04 Å². The lowest BCUT2D eigenvalue weighted by Gasteiger charge is -2.33. The van der Waals surface area contributed by atoms with Gasteiger partial charge in [-0.2, -0.15) is 0 Å². The average molecular weight is 291 g/mol. The molecular formula is C16H25N3O2. The van der Waals surface area contributed by atoms with Crippen LogP contribution >= 0.6 is 0 Å². The summed E-state index contributed by atoms with van der Waals surface area (Å²) in [5.41, 5.74) is 1.11. The van der Waals surface area contributed by atoms with E-state index in [2.05, 4.69) is 17.3 Å². The number of ether oxygens (including phenoxy) is 1. The van der Waals surface area contributed by atoms with E-state index in [4.69, 9.17) is 4.74 Å². The molecule has 116 valence electrons. The third-order valence-electron chi connectivity index (χ3n) is 3.74. The standard InChI is InChI=1S/C16H25N3O2/c1-13-6-4-5-7-15(13)21-12-14(2)17-16(20)19-10-8-18(3)9-11-19/h4-7,14H,8-12H2,1-3H3,(H,17,20)/t14-/m0/s1. The number of urea groups is 1. The number of rotatable bonds is 4. The van der Waals surface area contributed by atoms with Crippen LogP contribution in [0.1, 0.15) is 12.5 Å². The van der Waals surface area contributed by atoms with E-state index in [0.717, 1.165) is 37.5 Å². The smallest absolute Gasteiger partial charge is 0.317 e. The van der Waals surface area contributed by atoms with Gasteiger partial charge in [0.1, 0.15) is 12.4 Å². The largest absolute Gasteiger partial charge is 0.491 e. The van der Waals surface area contributed by atoms with Gasteiger partial charge in [0, 0.05) is 26.2 Å². The lowest BCUT2D eigenvalue weighted by atomic mass is 10.2. The number of carbonyl (C=O) groups is 1. The Morgan fingerprint density at radius 1 is 1.29 bits per heavy atom. The molecule has 1 atom stereocenters. The van der Waals surface area contributed by atoms with Crippen LogP contribution < -0.4 is 10.1 Å². The summed E-state index contributed by atoms with van der Waals surface area (Å²) in [7, 11) is 2.08. The SMILES string of the molecule is Cc1ccccc1OC[C@H](C)NC(=O)N1CCN(C)CC1. The number of hydrogen-bond acceptors (Lipinski definition) is 3. The summed E-state index contributed by atoms with van der Waals surface area (Å²) in [5.74, 6) is 0.873. The molecule has 2 amide bonds. The van der Waals surface area contributed by atoms with Crippen molar-refractivity contribution in [2.24, 2.45) is 0 Å². The van der Waals surface area contributed by atoms with Gasteiger partial charge in [-0.25, -0.2) is 4.79 Å². The van der Waals surface area contributed by atoms with E-state index in [1.807, 2.05) is 43.0 Å². The second-order valence-electron chi connectivity index (χ2n) is 5.72. The fourth-order valence-electron chi connectivity index (χ4n) is 2.29. The Hall–Kier alpha value is -1.75. The molecule has 1 aromatic rings. The molecule has 0 aliphatic carbocycles. The zero-order valence-corrected chi connectivity index (χ0v) is 13.1. The average Bonchev–Trinajstić information content (AvgIpc) is 2.47. The van der Waals surface area contributed by atoms with E-state index in [0.29, 0.717) is 6.61 Å². The molecule has 1 saturated heterocycles. The van der Waals surface area contributed by atoms with Gasteiger partial charge in [-0.05, 0) is 32.5 Å². The number of nitrogens with one attached hydrogen (secondary N) is 1. The highest BCUT2D eigenvalue weighted by molar-refractivity contribution is 5.74. The third-order valence-corrected chi connectivity index (χ3v) is 3.74. The molecular weight excluding hydrogens is 266 g/mol. The highest BCUT2D eigenvalue weighted by Crippen LogP contribution is 2.16. The van der Waals surface area contributed by atoms with Gasteiger partial charge < -0.3 is 19.9 Å². The maximum Gasteiger partial charge on any atom is 0.317 e. The normalized spacial score (nSPS) is 17.4. The van der Waals surface area contributed by atoms with Gasteiger partial charge in [0.15, 0.2) is 0 Å². The van der Waals surface area contributed by atoms with Crippen molar-refractivity contribution in [1.29, 1.82) is 0 Å². The molecule has 1 aromatic carbocycles. The van der Waals surface area contributed by atoms with Crippen molar-refractivity contribution in [2.75, 3.05) is 39.8 Å². The van der Waals surface area contributed by atoms with Crippen molar-refractivity contribution in [2.45, 2.75) is 19.9 Å². The molecule has 0 aromatic heterocycles. The van der Waals surface area contributed by atoms with Gasteiger partial charge >= 0.3 is 6.03 Å². The molecule has 1 aliphatic heterocycles. The first-order valence-corrected chi connectivity index (χ1v) is 7.48. The fraction of sp³-hybridized carbons (Fsp3) is 0.562. The predicted molar refractivity (Wildman–Crippen MR) is 83.7 cm³/mol. The summed E-state index contributed by atoms with van der Waals surface area (Å²) >= 11 is 0. The minimum Gasteiger partial charge on any atom is -0.491 e. The Morgan fingerprint density at radius 3 is 2.62 bits per heavy atom. The van der Waals surface area contributed by atoms with E-state index < -0.39 is 0 Å². The van der Waals surface area contributed by atoms with Crippen LogP contribution in [0.15, 0.2) is 24.3 Å². The van der Waals surface area contributed by atoms with E-state index in [1.54, 1.807) is 0 Å². The number of piperazine rings is 1. The Bertz CT molecular complexity index is 470. The molecule has 0 unspecified atom stereocenters. The van der Waals surface area contributed by atoms with Crippen LogP contribution in [0.4, 0.5) is 4.79 Å². The van der Waals surface area contributed by atoms with E-state index in [1.165, 1.54) is 0 Å². The monoisotopic (exact) mass is 291 g/mol. The molecule has 21 heavy (non-hydrogen) atoms. The summed E-state index contributed by atoms with van der Waals surface area (Å²) in [4.78, 5) is 16.2. The molecule has 1 fully saturated rings. The van der Waals surface area contributed by atoms with Crippen LogP contribution in [0.5, 0.6) is 5.75 Å². The summed E-state index contributed by atoms with van der Waals surface area (Å²) < 4.78 is 5.76. The summed E-state index contributed by atoms with van der Waals surface area (Å²) in [6.45, 7) is 7.89. The number of carbonyl (C=O) groups excluding carboxylic acids is 1. The van der Waals surface area contributed by atoms with E-state index >= 15 is 0 Å². The summed E-state index contributed by atoms with van der Waals surface area (Å²) in [6.07, 6.45) is 0. The molecule has 5 heteroatoms. The van der Waals surface area contributed by atoms with Gasteiger partial charge in [-0.1, -0.05) is 18.2 Å². The first-order chi connectivity index (χ1) is 10.1. The maximum atomic E-state index is 12.1. The van der Waals surface area contributed by atoms with Crippen LogP contribution in [0.3, 0.4) is 0 Å². The maximum absolute atomic E-state index is 12.1. The topological polar surface area (TPSA) is 44.8 Å². The van der Waals surface area contributed by atoms with Gasteiger partial charge in [-0.3, -0.25) is 0 Å². The molecule has 2 rings (SSSR count). The lowest BCUT2D eigenvalue weighted by molar-refractivity contribution is 0.149. The molecule has 5 nitrogen and oxygen atoms in total. The second kappa shape index (κ2) is 7.31. The lowest BCUT2D eigenvalue weighted by Crippen LogP contribution is -2.52. The Morgan fingerprint density at radius 2 is 1.95 bits per heavy atom. The number of aryl methyl sites for hydroxylation is 1. The first kappa shape index (κ1) is 15.6. The minimum atomic E-state index is -0.0169. The number of hydrogen-bond donors (Lipinski definition) is 1. The van der Waals surface area contributed by atoms with Gasteiger partial charge in [0.25, 0.3) is 0 Å². The number of benzene rings is 1.